The molecule has 2 saturated heterocycles. The Morgan fingerprint density at radius 2 is 0.974 bits per heavy atom. The van der Waals surface area contributed by atoms with Gasteiger partial charge in [-0.15, -0.1) is 4.91 Å². The molecule has 0 aromatic carbocycles. The molecule has 434 valence electrons. The fraction of sp³-hybridized carbons (Fsp3) is 0.949. The van der Waals surface area contributed by atoms with Gasteiger partial charge in [0, 0.05) is 66.4 Å². The maximum Gasteiger partial charge on any atom is 0.335 e. The number of fused-ring (bicyclic) bond motifs is 12. The van der Waals surface area contributed by atoms with E-state index in [0.717, 1.165) is 114 Å². The van der Waals surface area contributed by atoms with Gasteiger partial charge in [0.2, 0.25) is 17.3 Å². The van der Waals surface area contributed by atoms with Crippen molar-refractivity contribution in [3.63, 3.8) is 0 Å². The molecule has 0 aromatic heterocycles. The van der Waals surface area contributed by atoms with Crippen LogP contribution in [0.4, 0.5) is 0 Å². The molecular formula is C59H87N3O16. The average molecular weight is 1090 g/mol. The molecule has 2 heterocycles. The van der Waals surface area contributed by atoms with Crippen molar-refractivity contribution in [3.8, 4) is 0 Å². The number of hydrogen-bond acceptors (Lipinski definition) is 18. The maximum atomic E-state index is 10.6. The van der Waals surface area contributed by atoms with Gasteiger partial charge >= 0.3 is 5.78 Å². The van der Waals surface area contributed by atoms with Crippen molar-refractivity contribution in [2.24, 2.45) is 127 Å². The molecule has 78 heavy (non-hydrogen) atoms. The Kier molecular flexibility index (Phi) is 13.6. The lowest BCUT2D eigenvalue weighted by atomic mass is 9.56. The van der Waals surface area contributed by atoms with E-state index in [2.05, 4.69) is 19.6 Å². The van der Waals surface area contributed by atoms with E-state index in [4.69, 9.17) is 54.5 Å². The first kappa shape index (κ1) is 53.6. The first-order valence-corrected chi connectivity index (χ1v) is 31.0. The summed E-state index contributed by atoms with van der Waals surface area (Å²) in [4.78, 5) is 55.7. The predicted molar refractivity (Wildman–Crippen MR) is 271 cm³/mol. The summed E-state index contributed by atoms with van der Waals surface area (Å²) in [5.74, 6) is 13.4. The maximum absolute atomic E-state index is 10.6. The number of oxime groups is 1. The smallest absolute Gasteiger partial charge is 0.335 e. The minimum absolute atomic E-state index is 0.356. The second-order valence-corrected chi connectivity index (χ2v) is 29.0. The number of hydrogen-bond donors (Lipinski definition) is 2. The number of carbonyl (C=O) groups excluding carboxylic acids is 2. The van der Waals surface area contributed by atoms with Crippen LogP contribution in [0.3, 0.4) is 0 Å². The Labute approximate surface area is 458 Å². The standard InChI is InChI=1S/C17H24O3.C12H17NO4.C12H17NO.C11H14O2.C6H10O.CH3NO2.H2O3/c1-2-4-16(5-3-1)18-17(20-19-16)13-7-11-6-12-8-14(17)10-15(11,12)9-13;1-14-13-12(15-17-16-13)9-3-7-2-8-4-10(12)6-11(7,8)5-9;1-14-13-11-7-2-9-4-10-3-8(11)6-12(9,10)5-7;12-13-10-6-1-8-3-9-2-7(10)5-11(8,9)4-6;7-6-4-2-1-3-5-6;1-4-2-3;1-3-2/h11-14H,1-10H2;7-10H,2-6H2,1H3;7-10H,2-6H2,1H3;6-9H,1-5H2;1-5H2;1H3;1-2H. The third kappa shape index (κ3) is 7.61. The highest BCUT2D eigenvalue weighted by Gasteiger charge is 2.79. The zero-order valence-corrected chi connectivity index (χ0v) is 46.4. The summed E-state index contributed by atoms with van der Waals surface area (Å²) >= 11 is 0. The summed E-state index contributed by atoms with van der Waals surface area (Å²) < 4.78 is 11.1. The van der Waals surface area contributed by atoms with Crippen LogP contribution in [0.1, 0.15) is 193 Å². The van der Waals surface area contributed by atoms with E-state index in [1.165, 1.54) is 172 Å². The molecule has 16 atom stereocenters. The largest absolute Gasteiger partial charge is 0.463 e. The number of hydroxylamine groups is 2. The molecule has 16 unspecified atom stereocenters. The lowest BCUT2D eigenvalue weighted by Gasteiger charge is -2.49. The van der Waals surface area contributed by atoms with Crippen LogP contribution in [0.15, 0.2) is 10.5 Å². The van der Waals surface area contributed by atoms with E-state index in [9.17, 15) is 10.1 Å². The summed E-state index contributed by atoms with van der Waals surface area (Å²) in [5.41, 5.74) is 3.84. The van der Waals surface area contributed by atoms with Crippen molar-refractivity contribution >= 4 is 17.3 Å². The second-order valence-electron chi connectivity index (χ2n) is 29.0. The van der Waals surface area contributed by atoms with E-state index < -0.39 is 5.72 Å². The van der Waals surface area contributed by atoms with Crippen molar-refractivity contribution in [3.05, 3.63) is 4.91 Å². The SMILES string of the molecule is C1CCC2(CC1)OOC1(O2)C2CC3CC4CC1CC34C2.CON1OOOC12C1CC3CC4CC2CC34C1.CON=C1C2CC3CC4CC1CC34C2.CON=O.O=C1CCCCC1.OOO.[O-][O+]=C1C2CC3CC4CC1CC34C2. The van der Waals surface area contributed by atoms with Crippen LogP contribution in [-0.2, 0) is 58.3 Å². The van der Waals surface area contributed by atoms with E-state index in [1.54, 1.807) is 14.2 Å². The third-order valence-electron chi connectivity index (χ3n) is 27.1. The van der Waals surface area contributed by atoms with Crippen LogP contribution in [0, 0.1) is 121 Å². The van der Waals surface area contributed by atoms with Crippen LogP contribution >= 0.6 is 0 Å². The van der Waals surface area contributed by atoms with Crippen LogP contribution in [0.25, 0.3) is 0 Å². The zero-order chi connectivity index (χ0) is 53.5. The molecule has 0 radical (unpaired) electrons. The Hall–Kier alpha value is -2.43. The molecule has 20 rings (SSSR count). The van der Waals surface area contributed by atoms with Gasteiger partial charge in [-0.05, 0) is 228 Å². The van der Waals surface area contributed by atoms with Crippen molar-refractivity contribution < 1.29 is 74.1 Å². The minimum atomic E-state index is -0.470. The minimum Gasteiger partial charge on any atom is -0.463 e. The van der Waals surface area contributed by atoms with E-state index >= 15 is 0 Å². The fourth-order valence-electron chi connectivity index (χ4n) is 24.3. The predicted octanol–water partition coefficient (Wildman–Crippen LogP) is 10.6. The molecule has 20 aliphatic rings. The molecular weight excluding hydrogens is 1010 g/mol. The molecule has 19 nitrogen and oxygen atoms in total. The van der Waals surface area contributed by atoms with E-state index in [-0.39, 0.29) is 11.6 Å². The third-order valence-corrected chi connectivity index (χ3v) is 27.1. The van der Waals surface area contributed by atoms with Crippen LogP contribution in [0.2, 0.25) is 0 Å². The van der Waals surface area contributed by atoms with Crippen LogP contribution in [-0.4, -0.2) is 71.6 Å². The van der Waals surface area contributed by atoms with Gasteiger partial charge in [-0.3, -0.25) is 9.63 Å². The topological polar surface area (TPSA) is 229 Å². The highest BCUT2D eigenvalue weighted by molar-refractivity contribution is 5.91. The summed E-state index contributed by atoms with van der Waals surface area (Å²) in [6.45, 7) is 0. The van der Waals surface area contributed by atoms with Gasteiger partial charge in [-0.25, -0.2) is 10.5 Å². The second kappa shape index (κ2) is 19.9. The molecule has 2 aliphatic heterocycles. The Balaban J connectivity index is 0.0000000881. The molecule has 7 spiro atoms. The normalized spacial score (nSPS) is 52.4. The quantitative estimate of drug-likeness (QED) is 0.116. The molecule has 0 aromatic rings. The first-order valence-electron chi connectivity index (χ1n) is 31.0. The van der Waals surface area contributed by atoms with Crippen molar-refractivity contribution in [1.29, 1.82) is 0 Å². The summed E-state index contributed by atoms with van der Waals surface area (Å²) in [6.07, 6.45) is 38.3. The molecule has 19 heteroatoms. The monoisotopic (exact) mass is 1090 g/mol. The number of ketones is 2. The molecule has 0 amide bonds. The van der Waals surface area contributed by atoms with Gasteiger partial charge in [-0.1, -0.05) is 28.0 Å². The highest BCUT2D eigenvalue weighted by Crippen LogP contribution is 2.81. The summed E-state index contributed by atoms with van der Waals surface area (Å²) in [6, 6.07) is 0. The van der Waals surface area contributed by atoms with Gasteiger partial charge in [-0.2, -0.15) is 19.2 Å². The van der Waals surface area contributed by atoms with Gasteiger partial charge in [0.15, 0.2) is 5.34 Å². The Morgan fingerprint density at radius 1 is 0.551 bits per heavy atom. The summed E-state index contributed by atoms with van der Waals surface area (Å²) in [5, 5.41) is 38.7. The van der Waals surface area contributed by atoms with Crippen molar-refractivity contribution in [2.75, 3.05) is 21.3 Å². The highest BCUT2D eigenvalue weighted by atomic mass is 17.6. The van der Waals surface area contributed by atoms with Crippen LogP contribution < -0.4 is 5.26 Å². The van der Waals surface area contributed by atoms with E-state index in [1.807, 2.05) is 5.34 Å². The summed E-state index contributed by atoms with van der Waals surface area (Å²) in [7, 11) is 4.51. The van der Waals surface area contributed by atoms with Crippen LogP contribution in [0.5, 0.6) is 0 Å². The Morgan fingerprint density at radius 3 is 1.42 bits per heavy atom. The first-order chi connectivity index (χ1) is 37.9. The number of ether oxygens (including phenoxy) is 1. The van der Waals surface area contributed by atoms with E-state index in [0.29, 0.717) is 52.1 Å². The fourth-order valence-corrected chi connectivity index (χ4v) is 24.3. The molecule has 12 bridgehead atoms. The molecule has 2 N–H and O–H groups in total. The number of carbonyl (C=O) groups is 1. The van der Waals surface area contributed by atoms with Gasteiger partial charge in [0.05, 0.1) is 24.7 Å². The lowest BCUT2D eigenvalue weighted by Crippen LogP contribution is -2.56. The Bertz CT molecular complexity index is 2240. The van der Waals surface area contributed by atoms with Crippen molar-refractivity contribution in [2.45, 2.75) is 210 Å². The van der Waals surface area contributed by atoms with Gasteiger partial charge < -0.3 is 19.7 Å². The number of rotatable bonds is 3. The molecule has 18 aliphatic carbocycles. The zero-order valence-electron chi connectivity index (χ0n) is 46.4. The van der Waals surface area contributed by atoms with Gasteiger partial charge in [0.1, 0.15) is 20.0 Å². The number of Topliss-reactive ketones (excluding diaryl/α,β-unsaturated/α-hetero) is 1. The van der Waals surface area contributed by atoms with Gasteiger partial charge in [0.25, 0.3) is 0 Å². The number of nitrogens with zero attached hydrogens (tertiary/aromatic N) is 3. The average Bonchev–Trinajstić information content (AvgIpc) is 3.17. The molecule has 20 fully saturated rings. The molecule has 18 saturated carbocycles. The van der Waals surface area contributed by atoms with Crippen molar-refractivity contribution in [1.82, 2.24) is 5.23 Å². The lowest BCUT2D eigenvalue weighted by molar-refractivity contribution is -1.05.